The first kappa shape index (κ1) is 16.8. The van der Waals surface area contributed by atoms with Gasteiger partial charge >= 0.3 is 0 Å². The standard InChI is InChI=1S/C19H19N3O3/c20-19(25)17(18(24)14-8-4-5-11-21-14)15-9-10-16(23)22(15)12-13-6-2-1-3-7-13/h1-8,11,15,17H,9-10,12H2,(H2,20,25). The zero-order chi connectivity index (χ0) is 17.8. The number of amides is 2. The molecule has 6 nitrogen and oxygen atoms in total. The lowest BCUT2D eigenvalue weighted by Gasteiger charge is -2.29. The highest BCUT2D eigenvalue weighted by Crippen LogP contribution is 2.29. The summed E-state index contributed by atoms with van der Waals surface area (Å²) < 4.78 is 0. The SMILES string of the molecule is NC(=O)C(C(=O)c1ccccn1)C1CCC(=O)N1Cc1ccccc1. The van der Waals surface area contributed by atoms with Gasteiger partial charge in [0.05, 0.1) is 6.04 Å². The number of ketones is 1. The number of aromatic nitrogens is 1. The summed E-state index contributed by atoms with van der Waals surface area (Å²) in [6.45, 7) is 0.351. The number of rotatable bonds is 6. The normalized spacial score (nSPS) is 18.2. The number of hydrogen-bond acceptors (Lipinski definition) is 4. The number of nitrogens with two attached hydrogens (primary N) is 1. The smallest absolute Gasteiger partial charge is 0.230 e. The molecular weight excluding hydrogens is 318 g/mol. The molecule has 25 heavy (non-hydrogen) atoms. The van der Waals surface area contributed by atoms with Gasteiger partial charge in [0, 0.05) is 19.2 Å². The van der Waals surface area contributed by atoms with E-state index in [2.05, 4.69) is 4.98 Å². The molecule has 0 bridgehead atoms. The van der Waals surface area contributed by atoms with E-state index in [1.54, 1.807) is 23.1 Å². The van der Waals surface area contributed by atoms with Gasteiger partial charge in [0.2, 0.25) is 11.8 Å². The van der Waals surface area contributed by atoms with Crippen LogP contribution in [0.15, 0.2) is 54.7 Å². The Kier molecular flexibility index (Phi) is 4.88. The second kappa shape index (κ2) is 7.25. The van der Waals surface area contributed by atoms with Crippen LogP contribution < -0.4 is 5.73 Å². The number of primary amides is 1. The maximum Gasteiger partial charge on any atom is 0.230 e. The van der Waals surface area contributed by atoms with Gasteiger partial charge in [-0.2, -0.15) is 0 Å². The van der Waals surface area contributed by atoms with Crippen molar-refractivity contribution in [1.29, 1.82) is 0 Å². The lowest BCUT2D eigenvalue weighted by atomic mass is 9.90. The van der Waals surface area contributed by atoms with E-state index in [0.29, 0.717) is 19.4 Å². The summed E-state index contributed by atoms with van der Waals surface area (Å²) in [5.74, 6) is -2.33. The van der Waals surface area contributed by atoms with Gasteiger partial charge in [-0.3, -0.25) is 19.4 Å². The summed E-state index contributed by atoms with van der Waals surface area (Å²) >= 11 is 0. The van der Waals surface area contributed by atoms with E-state index >= 15 is 0 Å². The molecule has 1 aliphatic heterocycles. The Morgan fingerprint density at radius 1 is 1.16 bits per heavy atom. The number of Topliss-reactive ketones (excluding diaryl/α,β-unsaturated/α-hetero) is 1. The van der Waals surface area contributed by atoms with Crippen molar-refractivity contribution in [3.05, 3.63) is 66.0 Å². The molecule has 6 heteroatoms. The summed E-state index contributed by atoms with van der Waals surface area (Å²) in [4.78, 5) is 42.7. The van der Waals surface area contributed by atoms with Crippen LogP contribution in [-0.2, 0) is 16.1 Å². The van der Waals surface area contributed by atoms with E-state index in [0.717, 1.165) is 5.56 Å². The molecule has 0 aliphatic carbocycles. The van der Waals surface area contributed by atoms with Crippen LogP contribution in [0.1, 0.15) is 28.9 Å². The van der Waals surface area contributed by atoms with Gasteiger partial charge in [0.25, 0.3) is 0 Å². The summed E-state index contributed by atoms with van der Waals surface area (Å²) in [7, 11) is 0. The summed E-state index contributed by atoms with van der Waals surface area (Å²) in [6, 6.07) is 13.9. The quantitative estimate of drug-likeness (QED) is 0.639. The first-order valence-corrected chi connectivity index (χ1v) is 8.16. The zero-order valence-electron chi connectivity index (χ0n) is 13.7. The minimum absolute atomic E-state index is 0.0751. The Morgan fingerprint density at radius 2 is 1.88 bits per heavy atom. The van der Waals surface area contributed by atoms with E-state index in [4.69, 9.17) is 5.73 Å². The molecule has 0 saturated carbocycles. The van der Waals surface area contributed by atoms with Crippen LogP contribution >= 0.6 is 0 Å². The van der Waals surface area contributed by atoms with Crippen molar-refractivity contribution in [3.63, 3.8) is 0 Å². The fraction of sp³-hybridized carbons (Fsp3) is 0.263. The average molecular weight is 337 g/mol. The maximum absolute atomic E-state index is 12.8. The van der Waals surface area contributed by atoms with Crippen molar-refractivity contribution < 1.29 is 14.4 Å². The summed E-state index contributed by atoms with van der Waals surface area (Å²) in [6.07, 6.45) is 2.22. The first-order valence-electron chi connectivity index (χ1n) is 8.16. The molecule has 1 saturated heterocycles. The third-order valence-electron chi connectivity index (χ3n) is 4.46. The third kappa shape index (κ3) is 3.57. The number of pyridine rings is 1. The first-order chi connectivity index (χ1) is 12.1. The van der Waals surface area contributed by atoms with E-state index in [1.165, 1.54) is 6.20 Å². The van der Waals surface area contributed by atoms with E-state index in [-0.39, 0.29) is 11.6 Å². The highest BCUT2D eigenvalue weighted by molar-refractivity contribution is 6.09. The van der Waals surface area contributed by atoms with Crippen molar-refractivity contribution in [3.8, 4) is 0 Å². The molecular formula is C19H19N3O3. The Balaban J connectivity index is 1.88. The second-order valence-electron chi connectivity index (χ2n) is 6.07. The summed E-state index contributed by atoms with van der Waals surface area (Å²) in [5.41, 5.74) is 6.66. The Hall–Kier alpha value is -3.02. The van der Waals surface area contributed by atoms with Gasteiger partial charge in [0.15, 0.2) is 5.78 Å². The van der Waals surface area contributed by atoms with Crippen molar-refractivity contribution in [2.45, 2.75) is 25.4 Å². The van der Waals surface area contributed by atoms with Crippen LogP contribution in [0.4, 0.5) is 0 Å². The van der Waals surface area contributed by atoms with Gasteiger partial charge in [-0.1, -0.05) is 36.4 Å². The van der Waals surface area contributed by atoms with Crippen LogP contribution in [0.5, 0.6) is 0 Å². The molecule has 1 aromatic heterocycles. The van der Waals surface area contributed by atoms with Crippen LogP contribution in [-0.4, -0.2) is 33.5 Å². The van der Waals surface area contributed by atoms with Gasteiger partial charge in [-0.15, -0.1) is 0 Å². The van der Waals surface area contributed by atoms with E-state index in [9.17, 15) is 14.4 Å². The van der Waals surface area contributed by atoms with Crippen molar-refractivity contribution in [2.24, 2.45) is 11.7 Å². The largest absolute Gasteiger partial charge is 0.369 e. The zero-order valence-corrected chi connectivity index (χ0v) is 13.7. The van der Waals surface area contributed by atoms with Crippen molar-refractivity contribution in [1.82, 2.24) is 9.88 Å². The molecule has 128 valence electrons. The van der Waals surface area contributed by atoms with Crippen LogP contribution in [0.3, 0.4) is 0 Å². The van der Waals surface area contributed by atoms with E-state index in [1.807, 2.05) is 30.3 Å². The van der Waals surface area contributed by atoms with Crippen LogP contribution in [0.25, 0.3) is 0 Å². The molecule has 0 radical (unpaired) electrons. The highest BCUT2D eigenvalue weighted by atomic mass is 16.2. The lowest BCUT2D eigenvalue weighted by Crippen LogP contribution is -2.47. The number of hydrogen-bond donors (Lipinski definition) is 1. The predicted molar refractivity (Wildman–Crippen MR) is 91.3 cm³/mol. The molecule has 1 fully saturated rings. The number of carbonyl (C=O) groups is 3. The molecule has 1 aromatic carbocycles. The topological polar surface area (TPSA) is 93.4 Å². The Bertz CT molecular complexity index is 777. The molecule has 2 N–H and O–H groups in total. The minimum atomic E-state index is -1.09. The Labute approximate surface area is 145 Å². The van der Waals surface area contributed by atoms with E-state index < -0.39 is 23.7 Å². The number of nitrogens with zero attached hydrogens (tertiary/aromatic N) is 2. The second-order valence-corrected chi connectivity index (χ2v) is 6.07. The minimum Gasteiger partial charge on any atom is -0.369 e. The molecule has 2 amide bonds. The van der Waals surface area contributed by atoms with Gasteiger partial charge in [-0.05, 0) is 24.1 Å². The third-order valence-corrected chi connectivity index (χ3v) is 4.46. The lowest BCUT2D eigenvalue weighted by molar-refractivity contribution is -0.131. The molecule has 1 aliphatic rings. The molecule has 2 aromatic rings. The number of carbonyl (C=O) groups excluding carboxylic acids is 3. The van der Waals surface area contributed by atoms with Crippen LogP contribution in [0.2, 0.25) is 0 Å². The monoisotopic (exact) mass is 337 g/mol. The maximum atomic E-state index is 12.8. The predicted octanol–water partition coefficient (Wildman–Crippen LogP) is 1.56. The van der Waals surface area contributed by atoms with Crippen molar-refractivity contribution >= 4 is 17.6 Å². The number of benzene rings is 1. The molecule has 2 atom stereocenters. The molecule has 2 heterocycles. The van der Waals surface area contributed by atoms with Gasteiger partial charge in [0.1, 0.15) is 11.6 Å². The molecule has 2 unspecified atom stereocenters. The van der Waals surface area contributed by atoms with Crippen molar-refractivity contribution in [2.75, 3.05) is 0 Å². The fourth-order valence-electron chi connectivity index (χ4n) is 3.25. The number of likely N-dealkylation sites (tertiary alicyclic amines) is 1. The Morgan fingerprint density at radius 3 is 2.52 bits per heavy atom. The molecule has 3 rings (SSSR count). The van der Waals surface area contributed by atoms with Crippen LogP contribution in [0, 0.1) is 5.92 Å². The van der Waals surface area contributed by atoms with Gasteiger partial charge in [-0.25, -0.2) is 0 Å². The summed E-state index contributed by atoms with van der Waals surface area (Å²) in [5, 5.41) is 0. The molecule has 0 spiro atoms. The highest BCUT2D eigenvalue weighted by Gasteiger charge is 2.43. The average Bonchev–Trinajstić information content (AvgIpc) is 2.97. The van der Waals surface area contributed by atoms with Gasteiger partial charge < -0.3 is 10.6 Å². The fourth-order valence-corrected chi connectivity index (χ4v) is 3.25.